The highest BCUT2D eigenvalue weighted by molar-refractivity contribution is 5.76. The molecule has 410 valence electrons. The number of nitrogens with one attached hydrogen (secondary N) is 1. The van der Waals surface area contributed by atoms with Crippen molar-refractivity contribution in [3.8, 4) is 0 Å². The molecule has 0 aromatic heterocycles. The number of carbonyl (C=O) groups excluding carboxylic acids is 1. The van der Waals surface area contributed by atoms with Crippen LogP contribution in [0.5, 0.6) is 0 Å². The minimum absolute atomic E-state index is 0.00174. The number of amides is 1. The molecule has 0 rings (SSSR count). The molecule has 3 unspecified atom stereocenters. The van der Waals surface area contributed by atoms with Crippen molar-refractivity contribution in [2.75, 3.05) is 6.61 Å². The molecule has 3 atom stereocenters. The van der Waals surface area contributed by atoms with E-state index in [2.05, 4.69) is 67.8 Å². The van der Waals surface area contributed by atoms with Gasteiger partial charge in [0.05, 0.1) is 31.3 Å². The second-order valence-corrected chi connectivity index (χ2v) is 21.3. The fourth-order valence-electron chi connectivity index (χ4n) is 9.52. The number of aliphatic hydroxyl groups is 3. The molecule has 70 heavy (non-hydrogen) atoms. The van der Waals surface area contributed by atoms with E-state index in [0.717, 1.165) is 44.9 Å². The number of rotatable bonds is 57. The van der Waals surface area contributed by atoms with Gasteiger partial charge in [-0.2, -0.15) is 0 Å². The Morgan fingerprint density at radius 1 is 0.371 bits per heavy atom. The number of hydrogen-bond acceptors (Lipinski definition) is 4. The van der Waals surface area contributed by atoms with Gasteiger partial charge in [0, 0.05) is 0 Å². The Morgan fingerprint density at radius 3 is 1.00 bits per heavy atom. The minimum atomic E-state index is -0.963. The zero-order valence-corrected chi connectivity index (χ0v) is 46.9. The molecule has 0 fully saturated rings. The topological polar surface area (TPSA) is 89.8 Å². The van der Waals surface area contributed by atoms with E-state index in [1.54, 1.807) is 6.08 Å². The highest BCUT2D eigenvalue weighted by atomic mass is 16.3. The summed E-state index contributed by atoms with van der Waals surface area (Å²) in [6.45, 7) is 4.23. The summed E-state index contributed by atoms with van der Waals surface area (Å²) in [4.78, 5) is 12.5. The van der Waals surface area contributed by atoms with E-state index < -0.39 is 18.2 Å². The van der Waals surface area contributed by atoms with Crippen molar-refractivity contribution in [3.63, 3.8) is 0 Å². The number of carbonyl (C=O) groups is 1. The maximum Gasteiger partial charge on any atom is 0.222 e. The van der Waals surface area contributed by atoms with Gasteiger partial charge in [0.2, 0.25) is 5.91 Å². The largest absolute Gasteiger partial charge is 0.394 e. The number of allylic oxidation sites excluding steroid dienone is 9. The van der Waals surface area contributed by atoms with Crippen LogP contribution >= 0.6 is 0 Å². The Hall–Kier alpha value is -1.95. The molecule has 0 saturated carbocycles. The van der Waals surface area contributed by atoms with Crippen LogP contribution in [0, 0.1) is 0 Å². The van der Waals surface area contributed by atoms with Crippen molar-refractivity contribution in [2.24, 2.45) is 0 Å². The molecule has 5 nitrogen and oxygen atoms in total. The first-order chi connectivity index (χ1) is 34.5. The number of aliphatic hydroxyl groups excluding tert-OH is 3. The molecule has 0 bridgehead atoms. The molecule has 0 radical (unpaired) electrons. The van der Waals surface area contributed by atoms with Crippen LogP contribution < -0.4 is 5.32 Å². The van der Waals surface area contributed by atoms with Crippen molar-refractivity contribution in [1.82, 2.24) is 5.32 Å². The molecule has 0 aromatic rings. The average molecular weight is 981 g/mol. The van der Waals surface area contributed by atoms with Crippen molar-refractivity contribution < 1.29 is 20.1 Å². The lowest BCUT2D eigenvalue weighted by Gasteiger charge is -2.21. The predicted molar refractivity (Wildman–Crippen MR) is 310 cm³/mol. The van der Waals surface area contributed by atoms with E-state index in [9.17, 15) is 20.1 Å². The van der Waals surface area contributed by atoms with Crippen LogP contribution in [0.4, 0.5) is 0 Å². The lowest BCUT2D eigenvalue weighted by atomic mass is 10.0. The first-order valence-corrected chi connectivity index (χ1v) is 31.1. The van der Waals surface area contributed by atoms with Crippen LogP contribution in [0.2, 0.25) is 0 Å². The summed E-state index contributed by atoms with van der Waals surface area (Å²) in [5.74, 6) is -0.327. The van der Waals surface area contributed by atoms with Gasteiger partial charge in [-0.1, -0.05) is 299 Å². The van der Waals surface area contributed by atoms with Gasteiger partial charge in [0.25, 0.3) is 0 Å². The van der Waals surface area contributed by atoms with Crippen LogP contribution in [0.25, 0.3) is 0 Å². The van der Waals surface area contributed by atoms with Gasteiger partial charge in [0.1, 0.15) is 0 Å². The lowest BCUT2D eigenvalue weighted by Crippen LogP contribution is -2.45. The fraction of sp³-hybridized carbons (Fsp3) is 0.831. The summed E-state index contributed by atoms with van der Waals surface area (Å²) < 4.78 is 0. The van der Waals surface area contributed by atoms with E-state index in [-0.39, 0.29) is 18.9 Å². The molecule has 0 aliphatic heterocycles. The first kappa shape index (κ1) is 68.0. The molecule has 5 heteroatoms. The summed E-state index contributed by atoms with van der Waals surface area (Å²) in [6, 6.07) is -0.771. The van der Waals surface area contributed by atoms with Crippen LogP contribution in [0.1, 0.15) is 322 Å². The van der Waals surface area contributed by atoms with Gasteiger partial charge in [-0.25, -0.2) is 0 Å². The van der Waals surface area contributed by atoms with Gasteiger partial charge in [0.15, 0.2) is 0 Å². The summed E-state index contributed by atoms with van der Waals surface area (Å²) in [7, 11) is 0. The maximum absolute atomic E-state index is 12.5. The molecular weight excluding hydrogens is 859 g/mol. The maximum atomic E-state index is 12.5. The Balaban J connectivity index is 3.60. The Kier molecular flexibility index (Phi) is 58.0. The summed E-state index contributed by atoms with van der Waals surface area (Å²) >= 11 is 0. The molecule has 0 spiro atoms. The second kappa shape index (κ2) is 59.6. The third kappa shape index (κ3) is 55.4. The second-order valence-electron chi connectivity index (χ2n) is 21.3. The van der Waals surface area contributed by atoms with Gasteiger partial charge in [-0.05, 0) is 77.0 Å². The molecule has 0 saturated heterocycles. The predicted octanol–water partition coefficient (Wildman–Crippen LogP) is 19.7. The molecule has 0 aliphatic rings. The van der Waals surface area contributed by atoms with E-state index >= 15 is 0 Å². The zero-order chi connectivity index (χ0) is 50.7. The Morgan fingerprint density at radius 2 is 0.657 bits per heavy atom. The van der Waals surface area contributed by atoms with Gasteiger partial charge < -0.3 is 20.6 Å². The van der Waals surface area contributed by atoms with Crippen LogP contribution in [0.3, 0.4) is 0 Å². The van der Waals surface area contributed by atoms with Gasteiger partial charge in [-0.3, -0.25) is 4.79 Å². The average Bonchev–Trinajstić information content (AvgIpc) is 3.36. The smallest absolute Gasteiger partial charge is 0.222 e. The Bertz CT molecular complexity index is 1170. The summed E-state index contributed by atoms with van der Waals surface area (Å²) in [5, 5.41) is 33.5. The number of hydrogen-bond donors (Lipinski definition) is 4. The highest BCUT2D eigenvalue weighted by Gasteiger charge is 2.20. The van der Waals surface area contributed by atoms with Crippen molar-refractivity contribution in [2.45, 2.75) is 340 Å². The third-order valence-corrected chi connectivity index (χ3v) is 14.3. The Labute approximate surface area is 437 Å². The van der Waals surface area contributed by atoms with Crippen LogP contribution in [0.15, 0.2) is 60.8 Å². The van der Waals surface area contributed by atoms with Crippen LogP contribution in [-0.4, -0.2) is 46.1 Å². The number of unbranched alkanes of at least 4 members (excludes halogenated alkanes) is 40. The van der Waals surface area contributed by atoms with Crippen molar-refractivity contribution in [3.05, 3.63) is 60.8 Å². The quantitative estimate of drug-likeness (QED) is 0.0361. The summed E-state index contributed by atoms with van der Waals surface area (Å²) in [5.41, 5.74) is 0. The van der Waals surface area contributed by atoms with E-state index in [1.807, 2.05) is 6.08 Å². The van der Waals surface area contributed by atoms with E-state index in [4.69, 9.17) is 0 Å². The van der Waals surface area contributed by atoms with Gasteiger partial charge in [-0.15, -0.1) is 0 Å². The molecule has 1 amide bonds. The standard InChI is InChI=1S/C65H121NO4/c1-3-5-7-9-11-13-15-17-19-21-23-25-27-29-30-31-32-33-34-35-36-38-40-42-44-46-48-50-52-54-56-58-62(68)60-65(70)66-63(61-67)64(69)59-57-55-53-51-49-47-45-43-41-39-37-28-26-24-22-20-18-16-14-12-10-8-6-4-2/h23,25,29-30,41,43,49,51,57,59,62-64,67-69H,3-22,24,26-28,31-40,42,44-48,50,52-56,58,60-61H2,1-2H3,(H,66,70)/b25-23-,30-29-,43-41+,51-49+,59-57+. The summed E-state index contributed by atoms with van der Waals surface area (Å²) in [6.07, 6.45) is 81.5. The monoisotopic (exact) mass is 980 g/mol. The van der Waals surface area contributed by atoms with Crippen LogP contribution in [-0.2, 0) is 4.79 Å². The van der Waals surface area contributed by atoms with E-state index in [1.165, 1.54) is 250 Å². The normalized spacial score (nSPS) is 13.6. The van der Waals surface area contributed by atoms with Crippen molar-refractivity contribution >= 4 is 5.91 Å². The molecule has 0 aromatic carbocycles. The molecule has 0 heterocycles. The minimum Gasteiger partial charge on any atom is -0.394 e. The molecule has 4 N–H and O–H groups in total. The molecular formula is C65H121NO4. The van der Waals surface area contributed by atoms with Crippen molar-refractivity contribution in [1.29, 1.82) is 0 Å². The fourth-order valence-corrected chi connectivity index (χ4v) is 9.52. The highest BCUT2D eigenvalue weighted by Crippen LogP contribution is 2.17. The zero-order valence-electron chi connectivity index (χ0n) is 46.9. The first-order valence-electron chi connectivity index (χ1n) is 31.1. The van der Waals surface area contributed by atoms with Gasteiger partial charge >= 0.3 is 0 Å². The lowest BCUT2D eigenvalue weighted by molar-refractivity contribution is -0.124. The molecule has 0 aliphatic carbocycles. The SMILES string of the molecule is CCCCCCCCCCC/C=C\C/C=C\CCCCCCCCCCCCCCCCCC(O)CC(=O)NC(CO)C(O)/C=C/CC/C=C/CC/C=C/CCCCCCCCCCCCCCCC. The van der Waals surface area contributed by atoms with E-state index in [0.29, 0.717) is 6.42 Å². The third-order valence-electron chi connectivity index (χ3n) is 14.3.